The fraction of sp³-hybridized carbons (Fsp3) is 0.500. The maximum absolute atomic E-state index is 12.1. The van der Waals surface area contributed by atoms with Gasteiger partial charge in [0.1, 0.15) is 12.0 Å². The number of halogens is 1. The molecule has 23 heavy (non-hydrogen) atoms. The number of rotatable bonds is 1. The van der Waals surface area contributed by atoms with Crippen molar-refractivity contribution in [1.29, 1.82) is 0 Å². The minimum atomic E-state index is -0.172. The third-order valence-electron chi connectivity index (χ3n) is 4.40. The number of hydrazine groups is 1. The molecule has 4 heterocycles. The van der Waals surface area contributed by atoms with Crippen molar-refractivity contribution in [2.75, 3.05) is 37.6 Å². The summed E-state index contributed by atoms with van der Waals surface area (Å²) in [7, 11) is 0. The Kier molecular flexibility index (Phi) is 3.80. The molecule has 0 radical (unpaired) electrons. The number of hydrogen-bond donors (Lipinski definition) is 3. The molecule has 1 aromatic heterocycles. The number of carbonyl (C=O) groups excluding carboxylic acids is 1. The SMILES string of the molecule is O=C1NC(N2CCN(c3ccc(Cl)cn3)CC2)=NC2NNCC12. The van der Waals surface area contributed by atoms with Gasteiger partial charge < -0.3 is 9.80 Å². The predicted molar refractivity (Wildman–Crippen MR) is 87.0 cm³/mol. The first-order chi connectivity index (χ1) is 11.2. The normalized spacial score (nSPS) is 27.5. The molecule has 2 fully saturated rings. The number of piperazine rings is 1. The lowest BCUT2D eigenvalue weighted by molar-refractivity contribution is -0.124. The zero-order valence-corrected chi connectivity index (χ0v) is 13.3. The predicted octanol–water partition coefficient (Wildman–Crippen LogP) is -0.607. The molecule has 1 amide bonds. The lowest BCUT2D eigenvalue weighted by Gasteiger charge is -2.38. The van der Waals surface area contributed by atoms with E-state index in [2.05, 4.69) is 35.9 Å². The van der Waals surface area contributed by atoms with E-state index in [1.807, 2.05) is 12.1 Å². The standard InChI is InChI=1S/C14H18ClN7O/c15-9-1-2-11(16-7-9)21-3-5-22(6-4-21)14-18-12-10(8-17-20-12)13(23)19-14/h1-2,7,10,12,17,20H,3-6,8H2,(H,18,19,23). The van der Waals surface area contributed by atoms with Crippen molar-refractivity contribution in [3.05, 3.63) is 23.4 Å². The maximum atomic E-state index is 12.1. The molecule has 4 rings (SSSR count). The highest BCUT2D eigenvalue weighted by atomic mass is 35.5. The molecule has 122 valence electrons. The molecule has 0 saturated carbocycles. The molecule has 3 aliphatic heterocycles. The van der Waals surface area contributed by atoms with Crippen molar-refractivity contribution in [2.24, 2.45) is 10.9 Å². The molecule has 2 saturated heterocycles. The summed E-state index contributed by atoms with van der Waals surface area (Å²) in [5.41, 5.74) is 6.03. The van der Waals surface area contributed by atoms with E-state index in [1.165, 1.54) is 0 Å². The smallest absolute Gasteiger partial charge is 0.234 e. The zero-order valence-electron chi connectivity index (χ0n) is 12.5. The van der Waals surface area contributed by atoms with E-state index in [-0.39, 0.29) is 18.0 Å². The second-order valence-corrected chi connectivity index (χ2v) is 6.26. The highest BCUT2D eigenvalue weighted by Gasteiger charge is 2.38. The fourth-order valence-electron chi connectivity index (χ4n) is 3.07. The molecule has 0 aromatic carbocycles. The summed E-state index contributed by atoms with van der Waals surface area (Å²) in [6.07, 6.45) is 1.49. The van der Waals surface area contributed by atoms with E-state index in [0.29, 0.717) is 17.5 Å². The van der Waals surface area contributed by atoms with Crippen LogP contribution in [0.4, 0.5) is 5.82 Å². The summed E-state index contributed by atoms with van der Waals surface area (Å²) in [6, 6.07) is 3.78. The molecule has 0 bridgehead atoms. The lowest BCUT2D eigenvalue weighted by Crippen LogP contribution is -2.58. The number of hydrogen-bond acceptors (Lipinski definition) is 7. The Hall–Kier alpha value is -1.90. The lowest BCUT2D eigenvalue weighted by atomic mass is 10.1. The summed E-state index contributed by atoms with van der Waals surface area (Å²) in [5.74, 6) is 1.49. The monoisotopic (exact) mass is 335 g/mol. The second-order valence-electron chi connectivity index (χ2n) is 5.83. The van der Waals surface area contributed by atoms with Gasteiger partial charge in [-0.1, -0.05) is 11.6 Å². The number of anilines is 1. The van der Waals surface area contributed by atoms with Crippen LogP contribution in [0.3, 0.4) is 0 Å². The summed E-state index contributed by atoms with van der Waals surface area (Å²) >= 11 is 5.88. The third-order valence-corrected chi connectivity index (χ3v) is 4.62. The number of nitrogens with zero attached hydrogens (tertiary/aromatic N) is 4. The van der Waals surface area contributed by atoms with Gasteiger partial charge in [-0.3, -0.25) is 15.5 Å². The Balaban J connectivity index is 1.41. The van der Waals surface area contributed by atoms with Gasteiger partial charge in [-0.2, -0.15) is 0 Å². The Morgan fingerprint density at radius 3 is 2.70 bits per heavy atom. The van der Waals surface area contributed by atoms with Crippen LogP contribution in [0, 0.1) is 5.92 Å². The van der Waals surface area contributed by atoms with Crippen LogP contribution >= 0.6 is 11.6 Å². The number of nitrogens with one attached hydrogen (secondary N) is 3. The van der Waals surface area contributed by atoms with Crippen molar-refractivity contribution >= 4 is 29.3 Å². The Labute approximate surface area is 138 Å². The third kappa shape index (κ3) is 2.85. The first-order valence-electron chi connectivity index (χ1n) is 7.69. The van der Waals surface area contributed by atoms with Crippen LogP contribution in [0.15, 0.2) is 23.3 Å². The van der Waals surface area contributed by atoms with Gasteiger partial charge in [0.25, 0.3) is 0 Å². The summed E-state index contributed by atoms with van der Waals surface area (Å²) in [4.78, 5) is 25.4. The minimum absolute atomic E-state index is 0.0271. The molecular formula is C14H18ClN7O. The van der Waals surface area contributed by atoms with Crippen molar-refractivity contribution in [1.82, 2.24) is 26.1 Å². The summed E-state index contributed by atoms with van der Waals surface area (Å²) in [5, 5.41) is 3.56. The zero-order chi connectivity index (χ0) is 15.8. The number of aromatic nitrogens is 1. The fourth-order valence-corrected chi connectivity index (χ4v) is 3.19. The van der Waals surface area contributed by atoms with Crippen LogP contribution in [-0.2, 0) is 4.79 Å². The number of pyridine rings is 1. The van der Waals surface area contributed by atoms with Crippen LogP contribution in [0.5, 0.6) is 0 Å². The Morgan fingerprint density at radius 2 is 1.96 bits per heavy atom. The number of carbonyl (C=O) groups is 1. The quantitative estimate of drug-likeness (QED) is 0.635. The number of guanidine groups is 1. The summed E-state index contributed by atoms with van der Waals surface area (Å²) in [6.45, 7) is 3.83. The molecule has 2 unspecified atom stereocenters. The van der Waals surface area contributed by atoms with Crippen LogP contribution < -0.4 is 21.1 Å². The van der Waals surface area contributed by atoms with Crippen molar-refractivity contribution in [3.63, 3.8) is 0 Å². The first-order valence-corrected chi connectivity index (χ1v) is 8.07. The van der Waals surface area contributed by atoms with E-state index in [1.54, 1.807) is 6.20 Å². The number of aliphatic imine (C=N–C) groups is 1. The largest absolute Gasteiger partial charge is 0.353 e. The topological polar surface area (TPSA) is 84.9 Å². The average molecular weight is 336 g/mol. The molecule has 9 heteroatoms. The van der Waals surface area contributed by atoms with E-state index in [9.17, 15) is 4.79 Å². The van der Waals surface area contributed by atoms with Gasteiger partial charge in [-0.05, 0) is 12.1 Å². The van der Waals surface area contributed by atoms with Gasteiger partial charge in [0.15, 0.2) is 0 Å². The van der Waals surface area contributed by atoms with Crippen molar-refractivity contribution < 1.29 is 4.79 Å². The van der Waals surface area contributed by atoms with Gasteiger partial charge >= 0.3 is 0 Å². The van der Waals surface area contributed by atoms with Crippen LogP contribution in [0.25, 0.3) is 0 Å². The van der Waals surface area contributed by atoms with E-state index in [0.717, 1.165) is 32.0 Å². The van der Waals surface area contributed by atoms with E-state index >= 15 is 0 Å². The van der Waals surface area contributed by atoms with Crippen molar-refractivity contribution in [2.45, 2.75) is 6.17 Å². The molecular weight excluding hydrogens is 318 g/mol. The van der Waals surface area contributed by atoms with Gasteiger partial charge in [-0.25, -0.2) is 15.4 Å². The first kappa shape index (κ1) is 14.7. The molecule has 2 atom stereocenters. The van der Waals surface area contributed by atoms with Gasteiger partial charge in [0, 0.05) is 38.9 Å². The van der Waals surface area contributed by atoms with Gasteiger partial charge in [0.05, 0.1) is 10.9 Å². The molecule has 0 spiro atoms. The number of fused-ring (bicyclic) bond motifs is 1. The molecule has 0 aliphatic carbocycles. The van der Waals surface area contributed by atoms with Gasteiger partial charge in [0.2, 0.25) is 11.9 Å². The van der Waals surface area contributed by atoms with E-state index < -0.39 is 0 Å². The van der Waals surface area contributed by atoms with Crippen LogP contribution in [0.2, 0.25) is 5.02 Å². The van der Waals surface area contributed by atoms with Gasteiger partial charge in [-0.15, -0.1) is 0 Å². The average Bonchev–Trinajstić information content (AvgIpc) is 3.05. The second kappa shape index (κ2) is 5.95. The molecule has 3 N–H and O–H groups in total. The highest BCUT2D eigenvalue weighted by molar-refractivity contribution is 6.30. The molecule has 8 nitrogen and oxygen atoms in total. The van der Waals surface area contributed by atoms with Crippen LogP contribution in [0.1, 0.15) is 0 Å². The molecule has 3 aliphatic rings. The van der Waals surface area contributed by atoms with Crippen LogP contribution in [-0.4, -0.2) is 60.6 Å². The van der Waals surface area contributed by atoms with Crippen molar-refractivity contribution in [3.8, 4) is 0 Å². The highest BCUT2D eigenvalue weighted by Crippen LogP contribution is 2.18. The summed E-state index contributed by atoms with van der Waals surface area (Å²) < 4.78 is 0. The minimum Gasteiger partial charge on any atom is -0.353 e. The van der Waals surface area contributed by atoms with E-state index in [4.69, 9.17) is 11.6 Å². The Morgan fingerprint density at radius 1 is 1.17 bits per heavy atom. The number of amides is 1. The molecule has 1 aromatic rings. The maximum Gasteiger partial charge on any atom is 0.234 e. The Bertz CT molecular complexity index is 627.